The SMILES string of the molecule is C=C/C=C/C=C/C=C/C=C/C=C1C=CC=C1. The van der Waals surface area contributed by atoms with E-state index in [9.17, 15) is 0 Å². The third kappa shape index (κ3) is 5.61. The van der Waals surface area contributed by atoms with E-state index in [1.165, 1.54) is 5.57 Å². The molecule has 0 spiro atoms. The first kappa shape index (κ1) is 12.0. The first-order chi connectivity index (χ1) is 7.93. The van der Waals surface area contributed by atoms with Gasteiger partial charge in [-0.3, -0.25) is 0 Å². The van der Waals surface area contributed by atoms with Gasteiger partial charge in [-0.1, -0.05) is 91.6 Å². The van der Waals surface area contributed by atoms with Gasteiger partial charge in [-0.2, -0.15) is 0 Å². The van der Waals surface area contributed by atoms with Crippen LogP contribution in [0.5, 0.6) is 0 Å². The van der Waals surface area contributed by atoms with E-state index >= 15 is 0 Å². The van der Waals surface area contributed by atoms with E-state index in [1.54, 1.807) is 6.08 Å². The molecule has 0 aromatic carbocycles. The Kier molecular flexibility index (Phi) is 6.18. The van der Waals surface area contributed by atoms with Crippen molar-refractivity contribution < 1.29 is 0 Å². The zero-order chi connectivity index (χ0) is 11.5. The lowest BCUT2D eigenvalue weighted by atomic mass is 10.2. The van der Waals surface area contributed by atoms with Gasteiger partial charge in [0, 0.05) is 0 Å². The summed E-state index contributed by atoms with van der Waals surface area (Å²) in [5, 5.41) is 0. The summed E-state index contributed by atoms with van der Waals surface area (Å²) in [7, 11) is 0. The van der Waals surface area contributed by atoms with Crippen molar-refractivity contribution in [3.8, 4) is 0 Å². The molecule has 0 aromatic heterocycles. The zero-order valence-corrected chi connectivity index (χ0v) is 9.29. The van der Waals surface area contributed by atoms with Crippen molar-refractivity contribution in [2.75, 3.05) is 0 Å². The van der Waals surface area contributed by atoms with Crippen LogP contribution in [-0.2, 0) is 0 Å². The average molecular weight is 208 g/mol. The Balaban J connectivity index is 2.28. The molecule has 1 rings (SSSR count). The summed E-state index contributed by atoms with van der Waals surface area (Å²) < 4.78 is 0. The van der Waals surface area contributed by atoms with Crippen LogP contribution < -0.4 is 0 Å². The summed E-state index contributed by atoms with van der Waals surface area (Å²) in [5.41, 5.74) is 1.23. The van der Waals surface area contributed by atoms with Gasteiger partial charge in [0.2, 0.25) is 0 Å². The van der Waals surface area contributed by atoms with Crippen molar-refractivity contribution in [1.29, 1.82) is 0 Å². The number of allylic oxidation sites excluding steroid dienone is 15. The molecule has 0 aromatic rings. The fourth-order valence-corrected chi connectivity index (χ4v) is 1.13. The van der Waals surface area contributed by atoms with Crippen LogP contribution in [0.2, 0.25) is 0 Å². The highest BCUT2D eigenvalue weighted by Gasteiger charge is 1.86. The van der Waals surface area contributed by atoms with Crippen molar-refractivity contribution in [2.24, 2.45) is 0 Å². The Morgan fingerprint density at radius 2 is 1.19 bits per heavy atom. The summed E-state index contributed by atoms with van der Waals surface area (Å²) in [4.78, 5) is 0. The lowest BCUT2D eigenvalue weighted by Crippen LogP contribution is -1.61. The highest BCUT2D eigenvalue weighted by molar-refractivity contribution is 5.42. The highest BCUT2D eigenvalue weighted by atomic mass is 13.9. The first-order valence-corrected chi connectivity index (χ1v) is 5.27. The second-order valence-corrected chi connectivity index (χ2v) is 3.16. The molecule has 0 amide bonds. The van der Waals surface area contributed by atoms with Crippen molar-refractivity contribution in [3.05, 3.63) is 97.2 Å². The van der Waals surface area contributed by atoms with Gasteiger partial charge in [0.1, 0.15) is 0 Å². The normalized spacial score (nSPS) is 15.4. The Hall–Kier alpha value is -2.08. The Morgan fingerprint density at radius 3 is 1.75 bits per heavy atom. The van der Waals surface area contributed by atoms with Crippen molar-refractivity contribution in [3.63, 3.8) is 0 Å². The molecule has 80 valence electrons. The van der Waals surface area contributed by atoms with E-state index in [1.807, 2.05) is 60.8 Å². The van der Waals surface area contributed by atoms with Crippen molar-refractivity contribution >= 4 is 0 Å². The third-order valence-corrected chi connectivity index (χ3v) is 1.89. The molecule has 0 atom stereocenters. The Morgan fingerprint density at radius 1 is 0.688 bits per heavy atom. The summed E-state index contributed by atoms with van der Waals surface area (Å²) in [6.07, 6.45) is 27.8. The highest BCUT2D eigenvalue weighted by Crippen LogP contribution is 2.06. The van der Waals surface area contributed by atoms with E-state index in [0.29, 0.717) is 0 Å². The molecule has 0 bridgehead atoms. The van der Waals surface area contributed by atoms with Crippen molar-refractivity contribution in [2.45, 2.75) is 0 Å². The Labute approximate surface area is 97.7 Å². The topological polar surface area (TPSA) is 0 Å². The van der Waals surface area contributed by atoms with Crippen LogP contribution in [0.25, 0.3) is 0 Å². The van der Waals surface area contributed by atoms with E-state index in [4.69, 9.17) is 0 Å². The maximum absolute atomic E-state index is 3.59. The van der Waals surface area contributed by atoms with E-state index in [0.717, 1.165) is 0 Å². The predicted molar refractivity (Wildman–Crippen MR) is 73.1 cm³/mol. The molecule has 0 N–H and O–H groups in total. The van der Waals surface area contributed by atoms with Crippen LogP contribution in [-0.4, -0.2) is 0 Å². The maximum atomic E-state index is 3.59. The van der Waals surface area contributed by atoms with E-state index < -0.39 is 0 Å². The first-order valence-electron chi connectivity index (χ1n) is 5.27. The quantitative estimate of drug-likeness (QED) is 0.585. The van der Waals surface area contributed by atoms with Crippen LogP contribution in [0.4, 0.5) is 0 Å². The third-order valence-electron chi connectivity index (χ3n) is 1.89. The summed E-state index contributed by atoms with van der Waals surface area (Å²) in [6, 6.07) is 0. The fourth-order valence-electron chi connectivity index (χ4n) is 1.13. The van der Waals surface area contributed by atoms with Crippen LogP contribution in [0, 0.1) is 0 Å². The molecule has 0 saturated heterocycles. The van der Waals surface area contributed by atoms with Crippen LogP contribution in [0.3, 0.4) is 0 Å². The second-order valence-electron chi connectivity index (χ2n) is 3.16. The van der Waals surface area contributed by atoms with Crippen molar-refractivity contribution in [1.82, 2.24) is 0 Å². The average Bonchev–Trinajstić information content (AvgIpc) is 2.80. The maximum Gasteiger partial charge on any atom is -0.0257 e. The van der Waals surface area contributed by atoms with Crippen LogP contribution in [0.15, 0.2) is 97.2 Å². The monoisotopic (exact) mass is 208 g/mol. The molecule has 0 fully saturated rings. The van der Waals surface area contributed by atoms with E-state index in [2.05, 4.69) is 24.8 Å². The molecular formula is C16H16. The van der Waals surface area contributed by atoms with Gasteiger partial charge in [-0.15, -0.1) is 0 Å². The minimum atomic E-state index is 1.23. The second kappa shape index (κ2) is 8.25. The largest absolute Gasteiger partial charge is 0.0991 e. The number of hydrogen-bond donors (Lipinski definition) is 0. The summed E-state index contributed by atoms with van der Waals surface area (Å²) in [6.45, 7) is 3.59. The Bertz CT molecular complexity index is 393. The van der Waals surface area contributed by atoms with Crippen LogP contribution >= 0.6 is 0 Å². The zero-order valence-electron chi connectivity index (χ0n) is 9.29. The van der Waals surface area contributed by atoms with Gasteiger partial charge in [0.25, 0.3) is 0 Å². The smallest absolute Gasteiger partial charge is 0.0257 e. The standard InChI is InChI=1S/C16H16/c1-2-3-4-5-6-7-8-9-10-13-16-14-11-12-15-16/h2-15H,1H2/b4-3+,6-5+,8-7+,10-9+. The minimum Gasteiger partial charge on any atom is -0.0991 e. The van der Waals surface area contributed by atoms with Gasteiger partial charge in [0.05, 0.1) is 0 Å². The lowest BCUT2D eigenvalue weighted by molar-refractivity contribution is 1.74. The molecule has 0 unspecified atom stereocenters. The lowest BCUT2D eigenvalue weighted by Gasteiger charge is -1.82. The van der Waals surface area contributed by atoms with Gasteiger partial charge in [0.15, 0.2) is 0 Å². The number of rotatable bonds is 5. The molecule has 0 radical (unpaired) electrons. The molecule has 0 heteroatoms. The van der Waals surface area contributed by atoms with Gasteiger partial charge in [-0.25, -0.2) is 0 Å². The molecule has 1 aliphatic carbocycles. The molecule has 16 heavy (non-hydrogen) atoms. The molecule has 0 aliphatic heterocycles. The molecule has 0 nitrogen and oxygen atoms in total. The van der Waals surface area contributed by atoms with E-state index in [-0.39, 0.29) is 0 Å². The fraction of sp³-hybridized carbons (Fsp3) is 0. The van der Waals surface area contributed by atoms with Gasteiger partial charge >= 0.3 is 0 Å². The van der Waals surface area contributed by atoms with Gasteiger partial charge in [-0.05, 0) is 5.57 Å². The molecule has 1 aliphatic rings. The minimum absolute atomic E-state index is 1.23. The van der Waals surface area contributed by atoms with Gasteiger partial charge < -0.3 is 0 Å². The summed E-state index contributed by atoms with van der Waals surface area (Å²) in [5.74, 6) is 0. The molecule has 0 heterocycles. The van der Waals surface area contributed by atoms with Crippen LogP contribution in [0.1, 0.15) is 0 Å². The summed E-state index contributed by atoms with van der Waals surface area (Å²) >= 11 is 0. The molecule has 0 saturated carbocycles. The number of hydrogen-bond acceptors (Lipinski definition) is 0. The molecular weight excluding hydrogens is 192 g/mol. The predicted octanol–water partition coefficient (Wildman–Crippen LogP) is 4.45.